The predicted molar refractivity (Wildman–Crippen MR) is 167 cm³/mol. The summed E-state index contributed by atoms with van der Waals surface area (Å²) in [4.78, 5) is 73.0. The van der Waals surface area contributed by atoms with Crippen LogP contribution in [0.3, 0.4) is 0 Å². The molecular weight excluding hydrogens is 610 g/mol. The lowest BCUT2D eigenvalue weighted by atomic mass is 10.1. The number of carbonyl (C=O) groups is 5. The molecule has 2 aromatic heterocycles. The van der Waals surface area contributed by atoms with Crippen molar-refractivity contribution in [2.75, 3.05) is 39.4 Å². The Hall–Kier alpha value is -5.21. The molecule has 15 heteroatoms. The number of carboxylic acids is 1. The van der Waals surface area contributed by atoms with Gasteiger partial charge in [-0.3, -0.25) is 24.3 Å². The van der Waals surface area contributed by atoms with Gasteiger partial charge >= 0.3 is 12.1 Å². The third kappa shape index (κ3) is 8.15. The number of carboxylic acid groups (broad SMARTS) is 1. The number of fused-ring (bicyclic) bond motifs is 2. The highest BCUT2D eigenvalue weighted by atomic mass is 16.6. The standard InChI is InChI=1S/C32H39N7O8/c1-3-4-13-46-32(45)38-11-9-37(10-12-38)31(44)23(7-8-29(41)42)35-30(43)25-15-27(22-6-5-20(2)14-24(22)34-25)47-19-28(40)39-17-21-16-33-36-26(21)18-39/h5-6,14-16,23H,3-4,7-13,17-19H2,1-2H3,(H,33,36)(H,35,43)(H,41,42). The maximum Gasteiger partial charge on any atom is 0.409 e. The first kappa shape index (κ1) is 33.2. The fourth-order valence-electron chi connectivity index (χ4n) is 5.50. The van der Waals surface area contributed by atoms with Crippen molar-refractivity contribution in [3.05, 3.63) is 53.0 Å². The highest BCUT2D eigenvalue weighted by Crippen LogP contribution is 2.27. The van der Waals surface area contributed by atoms with Crippen molar-refractivity contribution in [1.82, 2.24) is 35.2 Å². The number of aromatic amines is 1. The SMILES string of the molecule is CCCCOC(=O)N1CCN(C(=O)C(CCC(=O)O)NC(=O)c2cc(OCC(=O)N3Cc4cn[nH]c4C3)c3ccc(C)cc3n2)CC1. The van der Waals surface area contributed by atoms with E-state index >= 15 is 0 Å². The summed E-state index contributed by atoms with van der Waals surface area (Å²) in [5.74, 6) is -2.24. The highest BCUT2D eigenvalue weighted by Gasteiger charge is 2.32. The minimum absolute atomic E-state index is 0.0551. The number of aryl methyl sites for hydroxylation is 1. The Morgan fingerprint density at radius 3 is 2.53 bits per heavy atom. The zero-order valence-corrected chi connectivity index (χ0v) is 26.5. The molecule has 1 atom stereocenters. The van der Waals surface area contributed by atoms with Crippen LogP contribution in [-0.4, -0.2) is 110 Å². The zero-order chi connectivity index (χ0) is 33.5. The molecule has 15 nitrogen and oxygen atoms in total. The van der Waals surface area contributed by atoms with E-state index in [1.165, 1.54) is 15.9 Å². The van der Waals surface area contributed by atoms with E-state index in [0.29, 0.717) is 30.6 Å². The van der Waals surface area contributed by atoms with Gasteiger partial charge < -0.3 is 34.6 Å². The molecule has 47 heavy (non-hydrogen) atoms. The second-order valence-corrected chi connectivity index (χ2v) is 11.7. The van der Waals surface area contributed by atoms with E-state index in [2.05, 4.69) is 20.5 Å². The molecule has 0 spiro atoms. The first-order valence-electron chi connectivity index (χ1n) is 15.7. The Morgan fingerprint density at radius 1 is 1.04 bits per heavy atom. The van der Waals surface area contributed by atoms with Gasteiger partial charge in [-0.2, -0.15) is 5.10 Å². The number of hydrogen-bond acceptors (Lipinski definition) is 9. The van der Waals surface area contributed by atoms with Gasteiger partial charge in [-0.15, -0.1) is 0 Å². The minimum atomic E-state index is -1.15. The van der Waals surface area contributed by atoms with Gasteiger partial charge in [0.15, 0.2) is 6.61 Å². The molecular formula is C32H39N7O8. The van der Waals surface area contributed by atoms with Gasteiger partial charge in [0, 0.05) is 56.2 Å². The quantitative estimate of drug-likeness (QED) is 0.246. The zero-order valence-electron chi connectivity index (χ0n) is 26.5. The third-order valence-electron chi connectivity index (χ3n) is 8.20. The lowest BCUT2D eigenvalue weighted by Crippen LogP contribution is -2.56. The molecule has 5 rings (SSSR count). The second-order valence-electron chi connectivity index (χ2n) is 11.7. The van der Waals surface area contributed by atoms with Crippen molar-refractivity contribution < 1.29 is 38.6 Å². The number of hydrogen-bond donors (Lipinski definition) is 3. The monoisotopic (exact) mass is 649 g/mol. The number of benzene rings is 1. The number of pyridine rings is 1. The number of aromatic nitrogens is 3. The van der Waals surface area contributed by atoms with Crippen molar-refractivity contribution in [1.29, 1.82) is 0 Å². The molecule has 0 saturated carbocycles. The van der Waals surface area contributed by atoms with E-state index in [9.17, 15) is 29.1 Å². The fourth-order valence-corrected chi connectivity index (χ4v) is 5.50. The number of amides is 4. The number of unbranched alkanes of at least 4 members (excludes halogenated alkanes) is 1. The summed E-state index contributed by atoms with van der Waals surface area (Å²) in [7, 11) is 0. The number of carbonyl (C=O) groups excluding carboxylic acids is 4. The summed E-state index contributed by atoms with van der Waals surface area (Å²) in [6.07, 6.45) is 2.42. The number of aliphatic carboxylic acids is 1. The van der Waals surface area contributed by atoms with E-state index in [4.69, 9.17) is 9.47 Å². The van der Waals surface area contributed by atoms with Crippen molar-refractivity contribution in [2.24, 2.45) is 0 Å². The molecule has 4 amide bonds. The number of rotatable bonds is 12. The van der Waals surface area contributed by atoms with Crippen LogP contribution in [0.5, 0.6) is 5.75 Å². The van der Waals surface area contributed by atoms with E-state index in [1.54, 1.807) is 23.2 Å². The Bertz CT molecular complexity index is 1630. The summed E-state index contributed by atoms with van der Waals surface area (Å²) in [5, 5.41) is 19.5. The van der Waals surface area contributed by atoms with Gasteiger partial charge in [-0.1, -0.05) is 19.4 Å². The van der Waals surface area contributed by atoms with Gasteiger partial charge in [0.05, 0.1) is 30.6 Å². The lowest BCUT2D eigenvalue weighted by molar-refractivity contribution is -0.138. The van der Waals surface area contributed by atoms with E-state index in [1.807, 2.05) is 19.9 Å². The summed E-state index contributed by atoms with van der Waals surface area (Å²) >= 11 is 0. The van der Waals surface area contributed by atoms with Gasteiger partial charge in [0.2, 0.25) is 5.91 Å². The maximum atomic E-state index is 13.6. The molecule has 1 aromatic carbocycles. The van der Waals surface area contributed by atoms with E-state index < -0.39 is 29.9 Å². The van der Waals surface area contributed by atoms with Crippen LogP contribution in [-0.2, 0) is 32.2 Å². The Labute approximate surface area is 271 Å². The average Bonchev–Trinajstić information content (AvgIpc) is 3.68. The molecule has 4 heterocycles. The van der Waals surface area contributed by atoms with Crippen molar-refractivity contribution in [3.8, 4) is 5.75 Å². The average molecular weight is 650 g/mol. The molecule has 1 unspecified atom stereocenters. The van der Waals surface area contributed by atoms with Crippen LogP contribution >= 0.6 is 0 Å². The molecule has 3 N–H and O–H groups in total. The largest absolute Gasteiger partial charge is 0.483 e. The maximum absolute atomic E-state index is 13.6. The molecule has 1 fully saturated rings. The molecule has 250 valence electrons. The van der Waals surface area contributed by atoms with Crippen molar-refractivity contribution >= 4 is 40.7 Å². The van der Waals surface area contributed by atoms with Crippen LogP contribution in [0.1, 0.15) is 59.9 Å². The molecule has 2 aliphatic heterocycles. The van der Waals surface area contributed by atoms with Crippen LogP contribution in [0.4, 0.5) is 4.79 Å². The van der Waals surface area contributed by atoms with Crippen LogP contribution < -0.4 is 10.1 Å². The number of nitrogens with one attached hydrogen (secondary N) is 2. The Balaban J connectivity index is 1.28. The number of piperazine rings is 1. The topological polar surface area (TPSA) is 187 Å². The van der Waals surface area contributed by atoms with Gasteiger partial charge in [0.25, 0.3) is 11.8 Å². The molecule has 1 saturated heterocycles. The smallest absolute Gasteiger partial charge is 0.409 e. The molecule has 2 aliphatic rings. The summed E-state index contributed by atoms with van der Waals surface area (Å²) in [5.41, 5.74) is 3.11. The van der Waals surface area contributed by atoms with Gasteiger partial charge in [-0.25, -0.2) is 9.78 Å². The van der Waals surface area contributed by atoms with E-state index in [0.717, 1.165) is 29.7 Å². The fraction of sp³-hybridized carbons (Fsp3) is 0.469. The third-order valence-corrected chi connectivity index (χ3v) is 8.20. The second kappa shape index (κ2) is 14.9. The lowest BCUT2D eigenvalue weighted by Gasteiger charge is -2.36. The molecule has 0 bridgehead atoms. The van der Waals surface area contributed by atoms with Gasteiger partial charge in [0.1, 0.15) is 17.5 Å². The van der Waals surface area contributed by atoms with Crippen LogP contribution in [0, 0.1) is 6.92 Å². The first-order chi connectivity index (χ1) is 22.6. The molecule has 0 aliphatic carbocycles. The molecule has 3 aromatic rings. The normalized spacial score (nSPS) is 14.9. The van der Waals surface area contributed by atoms with Crippen LogP contribution in [0.15, 0.2) is 30.5 Å². The van der Waals surface area contributed by atoms with Crippen molar-refractivity contribution in [2.45, 2.75) is 58.7 Å². The van der Waals surface area contributed by atoms with Crippen LogP contribution in [0.2, 0.25) is 0 Å². The summed E-state index contributed by atoms with van der Waals surface area (Å²) in [6, 6.07) is 5.70. The summed E-state index contributed by atoms with van der Waals surface area (Å²) in [6.45, 7) is 5.66. The van der Waals surface area contributed by atoms with Gasteiger partial charge in [-0.05, 0) is 37.5 Å². The Morgan fingerprint density at radius 2 is 1.81 bits per heavy atom. The number of ether oxygens (including phenoxy) is 2. The highest BCUT2D eigenvalue weighted by molar-refractivity contribution is 5.99. The minimum Gasteiger partial charge on any atom is -0.483 e. The number of H-pyrrole nitrogens is 1. The van der Waals surface area contributed by atoms with Crippen molar-refractivity contribution in [3.63, 3.8) is 0 Å². The molecule has 0 radical (unpaired) electrons. The predicted octanol–water partition coefficient (Wildman–Crippen LogP) is 2.23. The number of nitrogens with zero attached hydrogens (tertiary/aromatic N) is 5. The first-order valence-corrected chi connectivity index (χ1v) is 15.7. The van der Waals surface area contributed by atoms with Crippen LogP contribution in [0.25, 0.3) is 10.9 Å². The van der Waals surface area contributed by atoms with E-state index in [-0.39, 0.29) is 63.0 Å². The Kier molecular flexibility index (Phi) is 10.5. The summed E-state index contributed by atoms with van der Waals surface area (Å²) < 4.78 is 11.2.